The van der Waals surface area contributed by atoms with Gasteiger partial charge in [0, 0.05) is 44.0 Å². The summed E-state index contributed by atoms with van der Waals surface area (Å²) in [5.74, 6) is 0. The van der Waals surface area contributed by atoms with E-state index >= 15 is 0 Å². The van der Waals surface area contributed by atoms with Crippen molar-refractivity contribution in [3.8, 4) is 0 Å². The van der Waals surface area contributed by atoms with Gasteiger partial charge in [-0.1, -0.05) is 6.07 Å². The molecule has 3 rings (SSSR count). The highest BCUT2D eigenvalue weighted by molar-refractivity contribution is 5.68. The van der Waals surface area contributed by atoms with Crippen LogP contribution in [0.3, 0.4) is 0 Å². The van der Waals surface area contributed by atoms with E-state index in [2.05, 4.69) is 12.2 Å². The monoisotopic (exact) mass is 457 g/mol. The van der Waals surface area contributed by atoms with Gasteiger partial charge in [-0.3, -0.25) is 0 Å². The van der Waals surface area contributed by atoms with Crippen LogP contribution in [-0.4, -0.2) is 61.5 Å². The molecule has 1 aromatic carbocycles. The molecule has 2 fully saturated rings. The van der Waals surface area contributed by atoms with Crippen molar-refractivity contribution < 1.29 is 27.4 Å². The first-order valence-corrected chi connectivity index (χ1v) is 11.1. The number of ether oxygens (including phenoxy) is 2. The number of carbonyl (C=O) groups is 1. The fraction of sp³-hybridized carbons (Fsp3) is 0.696. The van der Waals surface area contributed by atoms with Gasteiger partial charge in [-0.2, -0.15) is 13.2 Å². The van der Waals surface area contributed by atoms with Crippen LogP contribution in [0.2, 0.25) is 0 Å². The Hall–Kier alpha value is -2.00. The van der Waals surface area contributed by atoms with E-state index in [1.54, 1.807) is 11.0 Å². The molecule has 2 saturated heterocycles. The summed E-state index contributed by atoms with van der Waals surface area (Å²) < 4.78 is 50.7. The molecule has 180 valence electrons. The number of carbonyl (C=O) groups excluding carboxylic acids is 1. The third-order valence-corrected chi connectivity index (χ3v) is 5.99. The number of anilines is 1. The first kappa shape index (κ1) is 24.6. The Balaban J connectivity index is 1.66. The van der Waals surface area contributed by atoms with Crippen LogP contribution in [-0.2, 0) is 22.2 Å². The molecule has 6 nitrogen and oxygen atoms in total. The number of nitrogens with zero attached hydrogens (tertiary/aromatic N) is 2. The topological polar surface area (TPSA) is 54.0 Å². The highest BCUT2D eigenvalue weighted by Crippen LogP contribution is 2.34. The average molecular weight is 458 g/mol. The van der Waals surface area contributed by atoms with Gasteiger partial charge in [0.1, 0.15) is 5.60 Å². The summed E-state index contributed by atoms with van der Waals surface area (Å²) in [6.45, 7) is 11.4. The van der Waals surface area contributed by atoms with Gasteiger partial charge in [-0.15, -0.1) is 0 Å². The zero-order valence-electron chi connectivity index (χ0n) is 19.3. The molecule has 0 atom stereocenters. The summed E-state index contributed by atoms with van der Waals surface area (Å²) in [6, 6.07) is 3.96. The highest BCUT2D eigenvalue weighted by atomic mass is 19.4. The van der Waals surface area contributed by atoms with Crippen LogP contribution in [0.4, 0.5) is 23.7 Å². The minimum Gasteiger partial charge on any atom is -0.444 e. The van der Waals surface area contributed by atoms with E-state index < -0.39 is 17.3 Å². The molecule has 9 heteroatoms. The molecule has 0 saturated carbocycles. The fourth-order valence-electron chi connectivity index (χ4n) is 3.98. The van der Waals surface area contributed by atoms with Crippen LogP contribution in [0.15, 0.2) is 18.2 Å². The summed E-state index contributed by atoms with van der Waals surface area (Å²) >= 11 is 0. The molecule has 1 N–H and O–H groups in total. The Labute approximate surface area is 188 Å². The van der Waals surface area contributed by atoms with E-state index in [1.165, 1.54) is 6.07 Å². The smallest absolute Gasteiger partial charge is 0.416 e. The summed E-state index contributed by atoms with van der Waals surface area (Å²) in [7, 11) is 0. The molecule has 2 aliphatic rings. The first-order chi connectivity index (χ1) is 14.9. The first-order valence-electron chi connectivity index (χ1n) is 11.1. The molecule has 0 bridgehead atoms. The van der Waals surface area contributed by atoms with Crippen molar-refractivity contribution in [2.75, 3.05) is 44.3 Å². The van der Waals surface area contributed by atoms with Gasteiger partial charge in [-0.25, -0.2) is 4.79 Å². The van der Waals surface area contributed by atoms with Gasteiger partial charge >= 0.3 is 12.3 Å². The summed E-state index contributed by atoms with van der Waals surface area (Å²) in [6.07, 6.45) is -3.22. The minimum atomic E-state index is -4.38. The maximum Gasteiger partial charge on any atom is 0.416 e. The van der Waals surface area contributed by atoms with Crippen LogP contribution < -0.4 is 10.2 Å². The molecule has 0 radical (unpaired) electrons. The van der Waals surface area contributed by atoms with E-state index in [9.17, 15) is 18.0 Å². The maximum absolute atomic E-state index is 13.3. The molecule has 1 aromatic rings. The van der Waals surface area contributed by atoms with Crippen molar-refractivity contribution in [1.82, 2.24) is 10.2 Å². The number of alkyl halides is 3. The molecule has 0 unspecified atom stereocenters. The van der Waals surface area contributed by atoms with E-state index in [1.807, 2.05) is 25.7 Å². The zero-order chi connectivity index (χ0) is 23.6. The standard InChI is InChI=1S/C23H34F3N3O3/c1-21(2,3)32-20(30)29-9-7-22(4,8-10-29)27-16-17-5-6-18(23(24,25)26)15-19(17)28-11-13-31-14-12-28/h5-6,15,27H,7-14,16H2,1-4H3. The summed E-state index contributed by atoms with van der Waals surface area (Å²) in [5.41, 5.74) is 0.0404. The van der Waals surface area contributed by atoms with Crippen LogP contribution >= 0.6 is 0 Å². The zero-order valence-corrected chi connectivity index (χ0v) is 19.3. The van der Waals surface area contributed by atoms with Crippen molar-refractivity contribution in [3.05, 3.63) is 29.3 Å². The predicted molar refractivity (Wildman–Crippen MR) is 117 cm³/mol. The van der Waals surface area contributed by atoms with Gasteiger partial charge < -0.3 is 24.6 Å². The van der Waals surface area contributed by atoms with E-state index in [0.29, 0.717) is 51.6 Å². The molecular formula is C23H34F3N3O3. The molecule has 2 aliphatic heterocycles. The maximum atomic E-state index is 13.3. The lowest BCUT2D eigenvalue weighted by atomic mass is 9.89. The molecule has 1 amide bonds. The van der Waals surface area contributed by atoms with Crippen molar-refractivity contribution in [1.29, 1.82) is 0 Å². The van der Waals surface area contributed by atoms with E-state index in [-0.39, 0.29) is 11.6 Å². The van der Waals surface area contributed by atoms with Gasteiger partial charge in [-0.05, 0) is 58.2 Å². The second-order valence-electron chi connectivity index (χ2n) is 9.82. The van der Waals surface area contributed by atoms with Crippen LogP contribution in [0.25, 0.3) is 0 Å². The Morgan fingerprint density at radius 2 is 1.75 bits per heavy atom. The Kier molecular flexibility index (Phi) is 7.29. The SMILES string of the molecule is CC1(NCc2ccc(C(F)(F)F)cc2N2CCOCC2)CCN(C(=O)OC(C)(C)C)CC1. The Morgan fingerprint density at radius 1 is 1.12 bits per heavy atom. The van der Waals surface area contributed by atoms with E-state index in [4.69, 9.17) is 9.47 Å². The summed E-state index contributed by atoms with van der Waals surface area (Å²) in [4.78, 5) is 16.0. The number of likely N-dealkylation sites (tertiary alicyclic amines) is 1. The number of hydrogen-bond acceptors (Lipinski definition) is 5. The molecular weight excluding hydrogens is 423 g/mol. The lowest BCUT2D eigenvalue weighted by Gasteiger charge is -2.41. The minimum absolute atomic E-state index is 0.219. The van der Waals surface area contributed by atoms with Gasteiger partial charge in [0.25, 0.3) is 0 Å². The van der Waals surface area contributed by atoms with Crippen LogP contribution in [0, 0.1) is 0 Å². The molecule has 32 heavy (non-hydrogen) atoms. The molecule has 0 aromatic heterocycles. The largest absolute Gasteiger partial charge is 0.444 e. The number of piperidine rings is 1. The number of benzene rings is 1. The average Bonchev–Trinajstić information content (AvgIpc) is 2.71. The molecule has 0 spiro atoms. The van der Waals surface area contributed by atoms with E-state index in [0.717, 1.165) is 24.5 Å². The van der Waals surface area contributed by atoms with Crippen molar-refractivity contribution in [3.63, 3.8) is 0 Å². The number of morpholine rings is 1. The van der Waals surface area contributed by atoms with Crippen LogP contribution in [0.5, 0.6) is 0 Å². The Bertz CT molecular complexity index is 794. The number of amides is 1. The number of rotatable bonds is 4. The predicted octanol–water partition coefficient (Wildman–Crippen LogP) is 4.42. The third kappa shape index (κ3) is 6.51. The van der Waals surface area contributed by atoms with Crippen molar-refractivity contribution in [2.24, 2.45) is 0 Å². The van der Waals surface area contributed by atoms with Gasteiger partial charge in [0.15, 0.2) is 0 Å². The molecule has 2 heterocycles. The normalized spacial score (nSPS) is 19.7. The lowest BCUT2D eigenvalue weighted by Crippen LogP contribution is -2.53. The van der Waals surface area contributed by atoms with Crippen molar-refractivity contribution >= 4 is 11.8 Å². The van der Waals surface area contributed by atoms with Gasteiger partial charge in [0.2, 0.25) is 0 Å². The third-order valence-electron chi connectivity index (χ3n) is 5.99. The fourth-order valence-corrected chi connectivity index (χ4v) is 3.98. The molecule has 0 aliphatic carbocycles. The lowest BCUT2D eigenvalue weighted by molar-refractivity contribution is -0.137. The van der Waals surface area contributed by atoms with Crippen molar-refractivity contribution in [2.45, 2.75) is 64.4 Å². The van der Waals surface area contributed by atoms with Gasteiger partial charge in [0.05, 0.1) is 18.8 Å². The number of nitrogens with one attached hydrogen (secondary N) is 1. The second-order valence-corrected chi connectivity index (χ2v) is 9.82. The number of hydrogen-bond donors (Lipinski definition) is 1. The quantitative estimate of drug-likeness (QED) is 0.726. The van der Waals surface area contributed by atoms with Crippen LogP contribution in [0.1, 0.15) is 51.7 Å². The summed E-state index contributed by atoms with van der Waals surface area (Å²) in [5, 5.41) is 3.54. The highest BCUT2D eigenvalue weighted by Gasteiger charge is 2.34. The number of halogens is 3. The Morgan fingerprint density at radius 3 is 2.31 bits per heavy atom. The second kappa shape index (κ2) is 9.47.